The van der Waals surface area contributed by atoms with Gasteiger partial charge in [-0.25, -0.2) is 9.59 Å². The van der Waals surface area contributed by atoms with Gasteiger partial charge in [-0.3, -0.25) is 10.1 Å². The SMILES string of the molecule is CCC(C)Oc1ccc2c(c1)cc(C=C(C)C(=O)c1c(O)cc(C(C)CCC=CNC(=O)O)oc1=O)n2C. The highest BCUT2D eigenvalue weighted by atomic mass is 16.5. The van der Waals surface area contributed by atoms with Crippen LogP contribution in [0.5, 0.6) is 11.5 Å². The number of carbonyl (C=O) groups is 2. The molecular formula is C29H34N2O7. The van der Waals surface area contributed by atoms with E-state index in [1.165, 1.54) is 12.3 Å². The van der Waals surface area contributed by atoms with Gasteiger partial charge in [0.2, 0.25) is 0 Å². The van der Waals surface area contributed by atoms with Gasteiger partial charge in [0.25, 0.3) is 0 Å². The smallest absolute Gasteiger partial charge is 0.408 e. The van der Waals surface area contributed by atoms with Crippen molar-refractivity contribution in [1.29, 1.82) is 0 Å². The Morgan fingerprint density at radius 1 is 1.21 bits per heavy atom. The number of ether oxygens (including phenoxy) is 1. The summed E-state index contributed by atoms with van der Waals surface area (Å²) in [7, 11) is 1.88. The first-order valence-corrected chi connectivity index (χ1v) is 12.5. The molecule has 9 nitrogen and oxygen atoms in total. The summed E-state index contributed by atoms with van der Waals surface area (Å²) in [5, 5.41) is 22.2. The zero-order valence-corrected chi connectivity index (χ0v) is 22.3. The number of rotatable bonds is 11. The van der Waals surface area contributed by atoms with Gasteiger partial charge in [0.1, 0.15) is 22.8 Å². The second-order valence-electron chi connectivity index (χ2n) is 9.37. The Labute approximate surface area is 221 Å². The molecule has 0 aliphatic rings. The van der Waals surface area contributed by atoms with E-state index in [-0.39, 0.29) is 23.4 Å². The van der Waals surface area contributed by atoms with Gasteiger partial charge in [0.15, 0.2) is 5.78 Å². The number of ketones is 1. The lowest BCUT2D eigenvalue weighted by Gasteiger charge is -2.12. The molecule has 38 heavy (non-hydrogen) atoms. The average Bonchev–Trinajstić information content (AvgIpc) is 3.16. The van der Waals surface area contributed by atoms with Gasteiger partial charge in [0, 0.05) is 41.8 Å². The largest absolute Gasteiger partial charge is 0.507 e. The summed E-state index contributed by atoms with van der Waals surface area (Å²) in [5.41, 5.74) is 0.666. The summed E-state index contributed by atoms with van der Waals surface area (Å²) in [6, 6.07) is 9.05. The molecule has 0 spiro atoms. The highest BCUT2D eigenvalue weighted by molar-refractivity contribution is 6.12. The van der Waals surface area contributed by atoms with E-state index in [0.717, 1.165) is 28.8 Å². The molecule has 0 aliphatic carbocycles. The summed E-state index contributed by atoms with van der Waals surface area (Å²) in [6.45, 7) is 7.47. The van der Waals surface area contributed by atoms with Crippen LogP contribution in [-0.4, -0.2) is 32.8 Å². The lowest BCUT2D eigenvalue weighted by Crippen LogP contribution is -2.16. The monoisotopic (exact) mass is 522 g/mol. The van der Waals surface area contributed by atoms with Crippen LogP contribution in [0.15, 0.2) is 57.4 Å². The third-order valence-corrected chi connectivity index (χ3v) is 6.44. The number of amides is 1. The van der Waals surface area contributed by atoms with Crippen molar-refractivity contribution in [3.8, 4) is 11.5 Å². The Morgan fingerprint density at radius 3 is 2.61 bits per heavy atom. The number of aromatic hydroxyl groups is 1. The van der Waals surface area contributed by atoms with E-state index in [1.807, 2.05) is 49.7 Å². The predicted octanol–water partition coefficient (Wildman–Crippen LogP) is 5.97. The first-order valence-electron chi connectivity index (χ1n) is 12.5. The van der Waals surface area contributed by atoms with Gasteiger partial charge in [-0.1, -0.05) is 19.9 Å². The second kappa shape index (κ2) is 12.3. The third-order valence-electron chi connectivity index (χ3n) is 6.44. The molecule has 1 amide bonds. The molecule has 9 heteroatoms. The number of carbonyl (C=O) groups excluding carboxylic acids is 1. The van der Waals surface area contributed by atoms with Crippen molar-refractivity contribution in [2.45, 2.75) is 59.0 Å². The average molecular weight is 523 g/mol. The summed E-state index contributed by atoms with van der Waals surface area (Å²) >= 11 is 0. The summed E-state index contributed by atoms with van der Waals surface area (Å²) in [5.74, 6) is -0.286. The fraction of sp³-hybridized carbons (Fsp3) is 0.345. The minimum Gasteiger partial charge on any atom is -0.507 e. The number of hydrogen-bond donors (Lipinski definition) is 3. The minimum atomic E-state index is -1.16. The van der Waals surface area contributed by atoms with E-state index < -0.39 is 28.8 Å². The summed E-state index contributed by atoms with van der Waals surface area (Å²) < 4.78 is 13.2. The van der Waals surface area contributed by atoms with Crippen molar-refractivity contribution in [2.75, 3.05) is 0 Å². The lowest BCUT2D eigenvalue weighted by molar-refractivity contribution is 0.102. The zero-order chi connectivity index (χ0) is 28.0. The first-order chi connectivity index (χ1) is 18.0. The van der Waals surface area contributed by atoms with Crippen LogP contribution in [0.1, 0.15) is 74.7 Å². The lowest BCUT2D eigenvalue weighted by atomic mass is 9.99. The Balaban J connectivity index is 1.80. The second-order valence-corrected chi connectivity index (χ2v) is 9.37. The van der Waals surface area contributed by atoms with Crippen LogP contribution in [0.25, 0.3) is 17.0 Å². The Kier molecular flexibility index (Phi) is 9.17. The number of aryl methyl sites for hydroxylation is 1. The Morgan fingerprint density at radius 2 is 1.95 bits per heavy atom. The number of nitrogens with zero attached hydrogens (tertiary/aromatic N) is 1. The molecule has 2 heterocycles. The van der Waals surface area contributed by atoms with Crippen LogP contribution < -0.4 is 15.7 Å². The van der Waals surface area contributed by atoms with Crippen LogP contribution in [0.2, 0.25) is 0 Å². The van der Waals surface area contributed by atoms with Crippen LogP contribution >= 0.6 is 0 Å². The molecule has 0 fully saturated rings. The van der Waals surface area contributed by atoms with Crippen molar-refractivity contribution < 1.29 is 29.0 Å². The van der Waals surface area contributed by atoms with E-state index in [1.54, 1.807) is 19.1 Å². The number of allylic oxidation sites excluding steroid dienone is 2. The number of benzene rings is 1. The molecule has 2 atom stereocenters. The zero-order valence-electron chi connectivity index (χ0n) is 22.3. The standard InChI is InChI=1S/C29H34N2O7/c1-6-19(4)37-22-10-11-23-20(15-22)14-21(31(23)5)13-18(3)27(33)26-24(32)16-25(38-28(26)34)17(2)9-7-8-12-30-29(35)36/h8,10-17,19,30,32H,6-7,9H2,1-5H3,(H,35,36). The molecule has 0 bridgehead atoms. The van der Waals surface area contributed by atoms with Gasteiger partial charge in [-0.15, -0.1) is 0 Å². The number of aromatic nitrogens is 1. The molecule has 3 aromatic rings. The highest BCUT2D eigenvalue weighted by Gasteiger charge is 2.22. The molecule has 202 valence electrons. The normalized spacial score (nSPS) is 13.6. The van der Waals surface area contributed by atoms with Crippen molar-refractivity contribution in [3.63, 3.8) is 0 Å². The number of carboxylic acid groups (broad SMARTS) is 1. The summed E-state index contributed by atoms with van der Waals surface area (Å²) in [4.78, 5) is 36.3. The van der Waals surface area contributed by atoms with Gasteiger partial charge in [-0.2, -0.15) is 0 Å². The van der Waals surface area contributed by atoms with Gasteiger partial charge in [-0.05, 0) is 69.0 Å². The third kappa shape index (κ3) is 6.73. The molecule has 3 N–H and O–H groups in total. The fourth-order valence-electron chi connectivity index (χ4n) is 4.01. The quantitative estimate of drug-likeness (QED) is 0.209. The maximum Gasteiger partial charge on any atom is 0.408 e. The molecule has 2 aromatic heterocycles. The van der Waals surface area contributed by atoms with Crippen LogP contribution in [0.3, 0.4) is 0 Å². The maximum atomic E-state index is 13.1. The number of fused-ring (bicyclic) bond motifs is 1. The molecule has 0 saturated carbocycles. The van der Waals surface area contributed by atoms with Gasteiger partial charge < -0.3 is 23.9 Å². The van der Waals surface area contributed by atoms with E-state index in [4.69, 9.17) is 14.3 Å². The van der Waals surface area contributed by atoms with Crippen molar-refractivity contribution in [3.05, 3.63) is 75.6 Å². The van der Waals surface area contributed by atoms with Crippen LogP contribution in [-0.2, 0) is 7.05 Å². The van der Waals surface area contributed by atoms with Crippen molar-refractivity contribution in [1.82, 2.24) is 9.88 Å². The number of Topliss-reactive ketones (excluding diaryl/α,β-unsaturated/α-hetero) is 1. The molecule has 0 aliphatic heterocycles. The maximum absolute atomic E-state index is 13.1. The van der Waals surface area contributed by atoms with Crippen LogP contribution in [0.4, 0.5) is 4.79 Å². The minimum absolute atomic E-state index is 0.0992. The van der Waals surface area contributed by atoms with Gasteiger partial charge >= 0.3 is 11.7 Å². The van der Waals surface area contributed by atoms with Gasteiger partial charge in [0.05, 0.1) is 6.10 Å². The van der Waals surface area contributed by atoms with Crippen molar-refractivity contribution in [2.24, 2.45) is 7.05 Å². The first kappa shape index (κ1) is 28.3. The molecule has 2 unspecified atom stereocenters. The van der Waals surface area contributed by atoms with E-state index >= 15 is 0 Å². The highest BCUT2D eigenvalue weighted by Crippen LogP contribution is 2.28. The van der Waals surface area contributed by atoms with E-state index in [2.05, 4.69) is 12.2 Å². The Hall–Kier alpha value is -4.27. The Bertz CT molecular complexity index is 1450. The fourth-order valence-corrected chi connectivity index (χ4v) is 4.01. The van der Waals surface area contributed by atoms with E-state index in [0.29, 0.717) is 12.8 Å². The number of nitrogens with one attached hydrogen (secondary N) is 1. The molecule has 3 rings (SSSR count). The number of hydrogen-bond acceptors (Lipinski definition) is 6. The summed E-state index contributed by atoms with van der Waals surface area (Å²) in [6.07, 6.45) is 5.52. The molecule has 1 aromatic carbocycles. The topological polar surface area (TPSA) is 131 Å². The molecule has 0 saturated heterocycles. The van der Waals surface area contributed by atoms with Crippen LogP contribution in [0, 0.1) is 0 Å². The molecular weight excluding hydrogens is 488 g/mol. The predicted molar refractivity (Wildman–Crippen MR) is 146 cm³/mol. The van der Waals surface area contributed by atoms with E-state index in [9.17, 15) is 19.5 Å². The van der Waals surface area contributed by atoms with Crippen molar-refractivity contribution >= 4 is 28.9 Å². The molecule has 0 radical (unpaired) electrons.